The summed E-state index contributed by atoms with van der Waals surface area (Å²) < 4.78 is 41.7. The highest BCUT2D eigenvalue weighted by Crippen LogP contribution is 2.30. The van der Waals surface area contributed by atoms with Crippen LogP contribution in [0.2, 0.25) is 0 Å². The Morgan fingerprint density at radius 2 is 1.94 bits per heavy atom. The molecule has 0 aliphatic carbocycles. The van der Waals surface area contributed by atoms with Crippen LogP contribution in [0.25, 0.3) is 11.0 Å². The van der Waals surface area contributed by atoms with Crippen LogP contribution in [0.4, 0.5) is 13.2 Å². The van der Waals surface area contributed by atoms with E-state index in [1.165, 1.54) is 18.2 Å². The second-order valence-electron chi connectivity index (χ2n) is 3.46. The number of aliphatic hydroxyl groups is 1. The molecule has 3 nitrogen and oxygen atoms in total. The molecule has 1 heterocycles. The van der Waals surface area contributed by atoms with Gasteiger partial charge in [-0.15, -0.1) is 0 Å². The van der Waals surface area contributed by atoms with E-state index in [-0.39, 0.29) is 17.6 Å². The van der Waals surface area contributed by atoms with E-state index >= 15 is 0 Å². The van der Waals surface area contributed by atoms with Crippen molar-refractivity contribution in [2.75, 3.05) is 0 Å². The number of fused-ring (bicyclic) bond motifs is 1. The van der Waals surface area contributed by atoms with Gasteiger partial charge in [0.25, 0.3) is 0 Å². The van der Waals surface area contributed by atoms with Gasteiger partial charge in [0.15, 0.2) is 5.43 Å². The lowest BCUT2D eigenvalue weighted by Crippen LogP contribution is -2.11. The summed E-state index contributed by atoms with van der Waals surface area (Å²) in [6, 6.07) is 4.34. The number of alkyl halides is 3. The number of aliphatic hydroxyl groups excluding tert-OH is 1. The molecule has 90 valence electrons. The molecule has 0 spiro atoms. The van der Waals surface area contributed by atoms with Gasteiger partial charge in [-0.05, 0) is 17.7 Å². The van der Waals surface area contributed by atoms with E-state index in [0.29, 0.717) is 11.6 Å². The Kier molecular flexibility index (Phi) is 2.66. The predicted octanol–water partition coefficient (Wildman–Crippen LogP) is 2.30. The highest BCUT2D eigenvalue weighted by Gasteiger charge is 2.34. The van der Waals surface area contributed by atoms with E-state index in [2.05, 4.69) is 4.42 Å². The molecule has 2 aromatic rings. The molecule has 0 saturated carbocycles. The van der Waals surface area contributed by atoms with Gasteiger partial charge in [-0.25, -0.2) is 0 Å². The van der Waals surface area contributed by atoms with Gasteiger partial charge in [-0.2, -0.15) is 13.2 Å². The van der Waals surface area contributed by atoms with Crippen LogP contribution in [0.5, 0.6) is 0 Å². The van der Waals surface area contributed by atoms with Gasteiger partial charge >= 0.3 is 6.18 Å². The predicted molar refractivity (Wildman–Crippen MR) is 53.4 cm³/mol. The molecule has 1 N–H and O–H groups in total. The Hall–Kier alpha value is -1.82. The molecule has 0 atom stereocenters. The zero-order chi connectivity index (χ0) is 12.6. The van der Waals surface area contributed by atoms with Crippen molar-refractivity contribution in [3.8, 4) is 0 Å². The van der Waals surface area contributed by atoms with Crippen molar-refractivity contribution in [3.63, 3.8) is 0 Å². The van der Waals surface area contributed by atoms with Gasteiger partial charge in [0.05, 0.1) is 12.0 Å². The van der Waals surface area contributed by atoms with E-state index in [1.807, 2.05) is 0 Å². The number of benzene rings is 1. The lowest BCUT2D eigenvalue weighted by Gasteiger charge is -2.06. The third-order valence-electron chi connectivity index (χ3n) is 2.25. The smallest absolute Gasteiger partial charge is 0.449 e. The van der Waals surface area contributed by atoms with Crippen LogP contribution in [0, 0.1) is 0 Å². The molecule has 0 radical (unpaired) electrons. The molecule has 0 aliphatic rings. The topological polar surface area (TPSA) is 50.4 Å². The van der Waals surface area contributed by atoms with Gasteiger partial charge in [-0.3, -0.25) is 4.79 Å². The van der Waals surface area contributed by atoms with E-state index < -0.39 is 17.4 Å². The summed E-state index contributed by atoms with van der Waals surface area (Å²) in [5, 5.41) is 8.88. The molecule has 0 unspecified atom stereocenters. The summed E-state index contributed by atoms with van der Waals surface area (Å²) in [5.74, 6) is -1.33. The molecule has 1 aromatic carbocycles. The van der Waals surface area contributed by atoms with Gasteiger partial charge in [-0.1, -0.05) is 6.07 Å². The minimum Gasteiger partial charge on any atom is -0.451 e. The third-order valence-corrected chi connectivity index (χ3v) is 2.25. The largest absolute Gasteiger partial charge is 0.451 e. The van der Waals surface area contributed by atoms with Crippen LogP contribution in [0.15, 0.2) is 33.5 Å². The van der Waals surface area contributed by atoms with E-state index in [1.54, 1.807) is 0 Å². The summed E-state index contributed by atoms with van der Waals surface area (Å²) in [6.45, 7) is -0.295. The molecule has 1 aromatic heterocycles. The Labute approximate surface area is 93.1 Å². The van der Waals surface area contributed by atoms with Crippen LogP contribution in [0.3, 0.4) is 0 Å². The minimum atomic E-state index is -4.69. The molecule has 0 amide bonds. The van der Waals surface area contributed by atoms with Gasteiger partial charge < -0.3 is 9.52 Å². The van der Waals surface area contributed by atoms with Crippen LogP contribution in [0.1, 0.15) is 11.3 Å². The van der Waals surface area contributed by atoms with Crippen LogP contribution in [-0.2, 0) is 12.8 Å². The fraction of sp³-hybridized carbons (Fsp3) is 0.182. The first-order chi connectivity index (χ1) is 7.91. The zero-order valence-electron chi connectivity index (χ0n) is 8.41. The van der Waals surface area contributed by atoms with E-state index in [0.717, 1.165) is 0 Å². The van der Waals surface area contributed by atoms with Crippen molar-refractivity contribution in [3.05, 3.63) is 45.8 Å². The fourth-order valence-electron chi connectivity index (χ4n) is 1.44. The van der Waals surface area contributed by atoms with Crippen LogP contribution >= 0.6 is 0 Å². The highest BCUT2D eigenvalue weighted by atomic mass is 19.4. The maximum absolute atomic E-state index is 12.4. The maximum Gasteiger partial charge on any atom is 0.449 e. The molecule has 2 rings (SSSR count). The molecular formula is C11H7F3O3. The van der Waals surface area contributed by atoms with Crippen molar-refractivity contribution in [2.24, 2.45) is 0 Å². The average Bonchev–Trinajstić information content (AvgIpc) is 2.27. The quantitative estimate of drug-likeness (QED) is 0.837. The van der Waals surface area contributed by atoms with E-state index in [9.17, 15) is 18.0 Å². The molecule has 0 bridgehead atoms. The third kappa shape index (κ3) is 2.16. The number of hydrogen-bond acceptors (Lipinski definition) is 3. The lowest BCUT2D eigenvalue weighted by molar-refractivity contribution is -0.152. The maximum atomic E-state index is 12.4. The average molecular weight is 244 g/mol. The summed E-state index contributed by atoms with van der Waals surface area (Å²) in [7, 11) is 0. The minimum absolute atomic E-state index is 0.0181. The van der Waals surface area contributed by atoms with Crippen molar-refractivity contribution in [1.29, 1.82) is 0 Å². The standard InChI is InChI=1S/C11H7F3O3/c12-11(13,14)10-4-8(16)7-3-6(5-15)1-2-9(7)17-10/h1-4,15H,5H2. The second-order valence-corrected chi connectivity index (χ2v) is 3.46. The monoisotopic (exact) mass is 244 g/mol. The SMILES string of the molecule is O=c1cc(C(F)(F)F)oc2ccc(CO)cc12. The van der Waals surface area contributed by atoms with Crippen molar-refractivity contribution in [2.45, 2.75) is 12.8 Å². The van der Waals surface area contributed by atoms with Crippen molar-refractivity contribution >= 4 is 11.0 Å². The molecular weight excluding hydrogens is 237 g/mol. The Morgan fingerprint density at radius 3 is 2.53 bits per heavy atom. The summed E-state index contributed by atoms with van der Waals surface area (Å²) >= 11 is 0. The molecule has 0 saturated heterocycles. The zero-order valence-corrected chi connectivity index (χ0v) is 8.41. The van der Waals surface area contributed by atoms with Crippen LogP contribution < -0.4 is 5.43 Å². The Morgan fingerprint density at radius 1 is 1.24 bits per heavy atom. The lowest BCUT2D eigenvalue weighted by atomic mass is 10.1. The van der Waals surface area contributed by atoms with Crippen LogP contribution in [-0.4, -0.2) is 5.11 Å². The Bertz CT molecular complexity index is 613. The molecule has 0 fully saturated rings. The summed E-state index contributed by atoms with van der Waals surface area (Å²) in [4.78, 5) is 11.5. The first-order valence-electron chi connectivity index (χ1n) is 4.66. The van der Waals surface area contributed by atoms with Gasteiger partial charge in [0.2, 0.25) is 5.76 Å². The summed E-state index contributed by atoms with van der Waals surface area (Å²) in [5.41, 5.74) is -0.500. The highest BCUT2D eigenvalue weighted by molar-refractivity contribution is 5.77. The number of hydrogen-bond donors (Lipinski definition) is 1. The van der Waals surface area contributed by atoms with Crippen molar-refractivity contribution < 1.29 is 22.7 Å². The second kappa shape index (κ2) is 3.89. The molecule has 0 aliphatic heterocycles. The summed E-state index contributed by atoms with van der Waals surface area (Å²) in [6.07, 6.45) is -4.69. The first-order valence-corrected chi connectivity index (χ1v) is 4.66. The normalized spacial score (nSPS) is 12.0. The fourth-order valence-corrected chi connectivity index (χ4v) is 1.44. The first kappa shape index (κ1) is 11.7. The Balaban J connectivity index is 2.73. The van der Waals surface area contributed by atoms with Gasteiger partial charge in [0.1, 0.15) is 5.58 Å². The van der Waals surface area contributed by atoms with Crippen molar-refractivity contribution in [1.82, 2.24) is 0 Å². The van der Waals surface area contributed by atoms with E-state index in [4.69, 9.17) is 5.11 Å². The molecule has 17 heavy (non-hydrogen) atoms. The number of halogens is 3. The van der Waals surface area contributed by atoms with Gasteiger partial charge in [0, 0.05) is 6.07 Å². The molecule has 6 heteroatoms. The number of rotatable bonds is 1.